The number of aliphatic imine (C=N–C) groups is 1. The summed E-state index contributed by atoms with van der Waals surface area (Å²) in [6.45, 7) is 8.83. The molecule has 0 aromatic carbocycles. The van der Waals surface area contributed by atoms with Crippen LogP contribution in [-0.2, 0) is 0 Å². The van der Waals surface area contributed by atoms with Crippen LogP contribution in [0.3, 0.4) is 0 Å². The monoisotopic (exact) mass is 391 g/mol. The van der Waals surface area contributed by atoms with Gasteiger partial charge < -0.3 is 10.6 Å². The fourth-order valence-corrected chi connectivity index (χ4v) is 4.16. The number of halogens is 3. The Morgan fingerprint density at radius 1 is 1.11 bits per heavy atom. The molecule has 0 aromatic rings. The van der Waals surface area contributed by atoms with Crippen LogP contribution in [0.1, 0.15) is 46.0 Å². The second-order valence-electron chi connectivity index (χ2n) is 7.75. The van der Waals surface area contributed by atoms with Crippen molar-refractivity contribution in [3.05, 3.63) is 0 Å². The molecule has 2 fully saturated rings. The SMILES string of the molecule is CCNC(=NCC1CCN(CC(F)(F)F)C1)NCCN1CCCCC1CC. The average Bonchev–Trinajstić information content (AvgIpc) is 3.05. The molecular weight excluding hydrogens is 355 g/mol. The van der Waals surface area contributed by atoms with Gasteiger partial charge in [-0.25, -0.2) is 0 Å². The molecule has 2 heterocycles. The first-order valence-electron chi connectivity index (χ1n) is 10.5. The zero-order valence-corrected chi connectivity index (χ0v) is 16.8. The lowest BCUT2D eigenvalue weighted by atomic mass is 10.0. The van der Waals surface area contributed by atoms with E-state index in [1.165, 1.54) is 37.1 Å². The molecule has 2 aliphatic rings. The van der Waals surface area contributed by atoms with E-state index in [0.29, 0.717) is 25.7 Å². The van der Waals surface area contributed by atoms with Crippen molar-refractivity contribution in [3.63, 3.8) is 0 Å². The molecule has 27 heavy (non-hydrogen) atoms. The molecular formula is C19H36F3N5. The molecule has 0 spiro atoms. The summed E-state index contributed by atoms with van der Waals surface area (Å²) in [5.41, 5.74) is 0. The van der Waals surface area contributed by atoms with Crippen LogP contribution in [0.15, 0.2) is 4.99 Å². The lowest BCUT2D eigenvalue weighted by molar-refractivity contribution is -0.143. The fourth-order valence-electron chi connectivity index (χ4n) is 4.16. The molecule has 0 amide bonds. The minimum atomic E-state index is -4.11. The first-order chi connectivity index (χ1) is 12.9. The van der Waals surface area contributed by atoms with Gasteiger partial charge in [0.1, 0.15) is 0 Å². The highest BCUT2D eigenvalue weighted by Gasteiger charge is 2.34. The van der Waals surface area contributed by atoms with Crippen LogP contribution in [0, 0.1) is 5.92 Å². The number of alkyl halides is 3. The summed E-state index contributed by atoms with van der Waals surface area (Å²) in [5, 5.41) is 6.64. The van der Waals surface area contributed by atoms with Gasteiger partial charge in [0, 0.05) is 38.8 Å². The van der Waals surface area contributed by atoms with Gasteiger partial charge in [-0.2, -0.15) is 13.2 Å². The van der Waals surface area contributed by atoms with E-state index in [0.717, 1.165) is 32.0 Å². The first kappa shape index (κ1) is 22.3. The highest BCUT2D eigenvalue weighted by molar-refractivity contribution is 5.79. The molecule has 158 valence electrons. The molecule has 0 aromatic heterocycles. The predicted octanol–water partition coefficient (Wildman–Crippen LogP) is 2.69. The minimum Gasteiger partial charge on any atom is -0.357 e. The predicted molar refractivity (Wildman–Crippen MR) is 104 cm³/mol. The molecule has 0 aliphatic carbocycles. The zero-order valence-electron chi connectivity index (χ0n) is 16.8. The Balaban J connectivity index is 1.74. The van der Waals surface area contributed by atoms with Gasteiger partial charge in [-0.15, -0.1) is 0 Å². The summed E-state index contributed by atoms with van der Waals surface area (Å²) >= 11 is 0. The van der Waals surface area contributed by atoms with Gasteiger partial charge in [-0.3, -0.25) is 14.8 Å². The van der Waals surface area contributed by atoms with E-state index in [2.05, 4.69) is 27.4 Å². The Hall–Kier alpha value is -1.02. The standard InChI is InChI=1S/C19H36F3N5/c1-3-17-7-5-6-10-27(17)12-9-24-18(23-4-2)25-13-16-8-11-26(14-16)15-19(20,21)22/h16-17H,3-15H2,1-2H3,(H2,23,24,25). The van der Waals surface area contributed by atoms with Gasteiger partial charge in [-0.1, -0.05) is 13.3 Å². The van der Waals surface area contributed by atoms with Gasteiger partial charge >= 0.3 is 6.18 Å². The molecule has 2 rings (SSSR count). The number of rotatable bonds is 8. The number of hydrogen-bond acceptors (Lipinski definition) is 3. The van der Waals surface area contributed by atoms with E-state index in [9.17, 15) is 13.2 Å². The van der Waals surface area contributed by atoms with Crippen molar-refractivity contribution in [2.75, 3.05) is 52.4 Å². The first-order valence-corrected chi connectivity index (χ1v) is 10.5. The molecule has 2 saturated heterocycles. The summed E-state index contributed by atoms with van der Waals surface area (Å²) in [5.74, 6) is 0.978. The third kappa shape index (κ3) is 8.25. The third-order valence-electron chi connectivity index (χ3n) is 5.54. The molecule has 2 N–H and O–H groups in total. The largest absolute Gasteiger partial charge is 0.401 e. The second-order valence-corrected chi connectivity index (χ2v) is 7.75. The molecule has 5 nitrogen and oxygen atoms in total. The lowest BCUT2D eigenvalue weighted by Gasteiger charge is -2.35. The van der Waals surface area contributed by atoms with Crippen molar-refractivity contribution in [2.24, 2.45) is 10.9 Å². The van der Waals surface area contributed by atoms with Crippen molar-refractivity contribution >= 4 is 5.96 Å². The van der Waals surface area contributed by atoms with Gasteiger partial charge in [0.05, 0.1) is 6.54 Å². The topological polar surface area (TPSA) is 42.9 Å². The van der Waals surface area contributed by atoms with Crippen LogP contribution >= 0.6 is 0 Å². The minimum absolute atomic E-state index is 0.203. The smallest absolute Gasteiger partial charge is 0.357 e. The average molecular weight is 392 g/mol. The van der Waals surface area contributed by atoms with E-state index in [-0.39, 0.29) is 5.92 Å². The quantitative estimate of drug-likeness (QED) is 0.493. The molecule has 0 bridgehead atoms. The number of hydrogen-bond donors (Lipinski definition) is 2. The van der Waals surface area contributed by atoms with E-state index in [1.807, 2.05) is 6.92 Å². The number of likely N-dealkylation sites (tertiary alicyclic amines) is 2. The summed E-state index contributed by atoms with van der Waals surface area (Å²) in [7, 11) is 0. The summed E-state index contributed by atoms with van der Waals surface area (Å²) in [4.78, 5) is 8.67. The van der Waals surface area contributed by atoms with Gasteiger partial charge in [0.25, 0.3) is 0 Å². The third-order valence-corrected chi connectivity index (χ3v) is 5.54. The second kappa shape index (κ2) is 11.1. The highest BCUT2D eigenvalue weighted by Crippen LogP contribution is 2.23. The van der Waals surface area contributed by atoms with Crippen LogP contribution in [0.2, 0.25) is 0 Å². The van der Waals surface area contributed by atoms with Crippen molar-refractivity contribution in [2.45, 2.75) is 58.2 Å². The molecule has 0 saturated carbocycles. The van der Waals surface area contributed by atoms with Crippen LogP contribution in [0.5, 0.6) is 0 Å². The Morgan fingerprint density at radius 3 is 2.63 bits per heavy atom. The van der Waals surface area contributed by atoms with Crippen molar-refractivity contribution in [3.8, 4) is 0 Å². The molecule has 0 radical (unpaired) electrons. The maximum atomic E-state index is 12.5. The number of guanidine groups is 1. The van der Waals surface area contributed by atoms with Crippen molar-refractivity contribution in [1.82, 2.24) is 20.4 Å². The van der Waals surface area contributed by atoms with E-state index >= 15 is 0 Å². The van der Waals surface area contributed by atoms with Gasteiger partial charge in [-0.05, 0) is 51.6 Å². The lowest BCUT2D eigenvalue weighted by Crippen LogP contribution is -2.46. The van der Waals surface area contributed by atoms with Gasteiger partial charge in [0.15, 0.2) is 5.96 Å². The van der Waals surface area contributed by atoms with Crippen molar-refractivity contribution < 1.29 is 13.2 Å². The van der Waals surface area contributed by atoms with E-state index in [1.54, 1.807) is 0 Å². The highest BCUT2D eigenvalue weighted by atomic mass is 19.4. The Kier molecular flexibility index (Phi) is 9.15. The van der Waals surface area contributed by atoms with Gasteiger partial charge in [0.2, 0.25) is 0 Å². The Morgan fingerprint density at radius 2 is 1.93 bits per heavy atom. The van der Waals surface area contributed by atoms with E-state index < -0.39 is 12.7 Å². The Bertz CT molecular complexity index is 455. The summed E-state index contributed by atoms with van der Waals surface area (Å²) in [6.07, 6.45) is 1.77. The summed E-state index contributed by atoms with van der Waals surface area (Å²) < 4.78 is 37.5. The molecule has 2 aliphatic heterocycles. The fraction of sp³-hybridized carbons (Fsp3) is 0.947. The molecule has 2 atom stereocenters. The number of piperidine rings is 1. The normalized spacial score (nSPS) is 25.7. The van der Waals surface area contributed by atoms with Crippen LogP contribution in [-0.4, -0.2) is 80.3 Å². The van der Waals surface area contributed by atoms with Crippen LogP contribution < -0.4 is 10.6 Å². The molecule has 2 unspecified atom stereocenters. The maximum absolute atomic E-state index is 12.5. The zero-order chi connectivity index (χ0) is 19.7. The Labute approximate surface area is 161 Å². The number of nitrogens with zero attached hydrogens (tertiary/aromatic N) is 3. The number of nitrogens with one attached hydrogen (secondary N) is 2. The summed E-state index contributed by atoms with van der Waals surface area (Å²) in [6, 6.07) is 0.693. The van der Waals surface area contributed by atoms with Crippen LogP contribution in [0.25, 0.3) is 0 Å². The van der Waals surface area contributed by atoms with E-state index in [4.69, 9.17) is 0 Å². The maximum Gasteiger partial charge on any atom is 0.401 e. The molecule has 8 heteroatoms. The van der Waals surface area contributed by atoms with Crippen LogP contribution in [0.4, 0.5) is 13.2 Å². The van der Waals surface area contributed by atoms with Crippen molar-refractivity contribution in [1.29, 1.82) is 0 Å².